The Kier molecular flexibility index (Phi) is 2.38. The smallest absolute Gasteiger partial charge is 0.192 e. The number of hydrogen-bond donors (Lipinski definition) is 2. The van der Waals surface area contributed by atoms with Gasteiger partial charge in [-0.3, -0.25) is 0 Å². The van der Waals surface area contributed by atoms with Crippen LogP contribution in [-0.4, -0.2) is 24.6 Å². The maximum absolute atomic E-state index is 5.46. The molecule has 1 aliphatic rings. The summed E-state index contributed by atoms with van der Waals surface area (Å²) in [6.45, 7) is 4.91. The summed E-state index contributed by atoms with van der Waals surface area (Å²) in [6.07, 6.45) is 0. The summed E-state index contributed by atoms with van der Waals surface area (Å²) in [6, 6.07) is 6.60. The van der Waals surface area contributed by atoms with E-state index in [0.717, 1.165) is 36.6 Å². The van der Waals surface area contributed by atoms with Crippen molar-refractivity contribution < 1.29 is 4.42 Å². The zero-order valence-electron chi connectivity index (χ0n) is 9.29. The Hall–Kier alpha value is -1.39. The van der Waals surface area contributed by atoms with Gasteiger partial charge in [0.25, 0.3) is 0 Å². The lowest BCUT2D eigenvalue weighted by Gasteiger charge is -2.24. The Labute approximate surface area is 94.0 Å². The zero-order chi connectivity index (χ0) is 11.0. The lowest BCUT2D eigenvalue weighted by molar-refractivity contribution is 0.430. The highest BCUT2D eigenvalue weighted by atomic mass is 16.3. The average Bonchev–Trinajstić information content (AvgIpc) is 2.69. The van der Waals surface area contributed by atoms with Gasteiger partial charge < -0.3 is 15.1 Å². The molecule has 2 N–H and O–H groups in total. The second-order valence-electron chi connectivity index (χ2n) is 4.17. The molecule has 0 saturated carbocycles. The van der Waals surface area contributed by atoms with Crippen molar-refractivity contribution in [2.45, 2.75) is 13.0 Å². The third-order valence-electron chi connectivity index (χ3n) is 2.96. The van der Waals surface area contributed by atoms with E-state index in [1.165, 1.54) is 5.56 Å². The van der Waals surface area contributed by atoms with E-state index in [-0.39, 0.29) is 0 Å². The van der Waals surface area contributed by atoms with Crippen molar-refractivity contribution in [3.05, 3.63) is 29.7 Å². The van der Waals surface area contributed by atoms with Crippen LogP contribution >= 0.6 is 0 Å². The molecule has 2 aromatic rings. The lowest BCUT2D eigenvalue weighted by Crippen LogP contribution is -2.42. The van der Waals surface area contributed by atoms with E-state index in [9.17, 15) is 0 Å². The number of nitrogens with zero attached hydrogens (tertiary/aromatic N) is 1. The fraction of sp³-hybridized carbons (Fsp3) is 0.417. The average molecular weight is 217 g/mol. The van der Waals surface area contributed by atoms with Crippen LogP contribution in [-0.2, 0) is 0 Å². The van der Waals surface area contributed by atoms with Crippen LogP contribution in [0.15, 0.2) is 22.6 Å². The van der Waals surface area contributed by atoms with Gasteiger partial charge in [0.2, 0.25) is 0 Å². The summed E-state index contributed by atoms with van der Waals surface area (Å²) in [4.78, 5) is 4.35. The number of oxazole rings is 1. The minimum Gasteiger partial charge on any atom is -0.441 e. The van der Waals surface area contributed by atoms with E-state index in [1.807, 2.05) is 13.0 Å². The zero-order valence-corrected chi connectivity index (χ0v) is 9.29. The molecular weight excluding hydrogens is 202 g/mol. The minimum atomic E-state index is 0.384. The fourth-order valence-electron chi connectivity index (χ4n) is 2.17. The van der Waals surface area contributed by atoms with Crippen molar-refractivity contribution in [2.24, 2.45) is 0 Å². The van der Waals surface area contributed by atoms with Crippen molar-refractivity contribution in [3.63, 3.8) is 0 Å². The molecule has 0 spiro atoms. The molecule has 4 nitrogen and oxygen atoms in total. The third kappa shape index (κ3) is 1.70. The van der Waals surface area contributed by atoms with Crippen LogP contribution in [0, 0.1) is 6.92 Å². The Morgan fingerprint density at radius 2 is 2.31 bits per heavy atom. The van der Waals surface area contributed by atoms with Crippen LogP contribution < -0.4 is 10.6 Å². The highest BCUT2D eigenvalue weighted by Crippen LogP contribution is 2.21. The van der Waals surface area contributed by atoms with E-state index in [4.69, 9.17) is 4.42 Å². The van der Waals surface area contributed by atoms with Gasteiger partial charge >= 0.3 is 0 Å². The van der Waals surface area contributed by atoms with Crippen LogP contribution in [0.4, 0.5) is 0 Å². The Balaban J connectivity index is 1.97. The first-order valence-corrected chi connectivity index (χ1v) is 5.64. The highest BCUT2D eigenvalue weighted by molar-refractivity contribution is 5.73. The van der Waals surface area contributed by atoms with Gasteiger partial charge in [0.05, 0.1) is 0 Å². The normalized spacial score (nSPS) is 21.4. The van der Waals surface area contributed by atoms with E-state index in [2.05, 4.69) is 27.8 Å². The Bertz CT molecular complexity index is 500. The van der Waals surface area contributed by atoms with Gasteiger partial charge in [-0.05, 0) is 17.7 Å². The van der Waals surface area contributed by atoms with Gasteiger partial charge in [0.15, 0.2) is 11.5 Å². The summed E-state index contributed by atoms with van der Waals surface area (Å²) >= 11 is 0. The number of fused-ring (bicyclic) bond motifs is 1. The number of benzene rings is 1. The first kappa shape index (κ1) is 9.81. The molecule has 1 aliphatic heterocycles. The molecule has 1 aromatic heterocycles. The molecule has 3 rings (SSSR count). The largest absolute Gasteiger partial charge is 0.441 e. The SMILES string of the molecule is Cc1nc2cc(C3CNCCN3)ccc2o1. The first-order valence-electron chi connectivity index (χ1n) is 5.64. The van der Waals surface area contributed by atoms with E-state index >= 15 is 0 Å². The molecule has 1 unspecified atom stereocenters. The maximum atomic E-state index is 5.46. The Morgan fingerprint density at radius 3 is 3.12 bits per heavy atom. The predicted octanol–water partition coefficient (Wildman–Crippen LogP) is 1.37. The molecular formula is C12H15N3O. The lowest BCUT2D eigenvalue weighted by atomic mass is 10.1. The van der Waals surface area contributed by atoms with Crippen LogP contribution in [0.25, 0.3) is 11.1 Å². The number of hydrogen-bond acceptors (Lipinski definition) is 4. The van der Waals surface area contributed by atoms with Crippen molar-refractivity contribution in [1.29, 1.82) is 0 Å². The number of piperazine rings is 1. The second kappa shape index (κ2) is 3.88. The van der Waals surface area contributed by atoms with Gasteiger partial charge in [-0.1, -0.05) is 6.07 Å². The topological polar surface area (TPSA) is 50.1 Å². The van der Waals surface area contributed by atoms with Crippen molar-refractivity contribution in [1.82, 2.24) is 15.6 Å². The molecule has 4 heteroatoms. The van der Waals surface area contributed by atoms with Crippen LogP contribution in [0.1, 0.15) is 17.5 Å². The molecule has 2 heterocycles. The molecule has 84 valence electrons. The van der Waals surface area contributed by atoms with Gasteiger partial charge in [0.1, 0.15) is 5.52 Å². The molecule has 1 saturated heterocycles. The predicted molar refractivity (Wildman–Crippen MR) is 62.4 cm³/mol. The van der Waals surface area contributed by atoms with Crippen molar-refractivity contribution in [2.75, 3.05) is 19.6 Å². The number of nitrogens with one attached hydrogen (secondary N) is 2. The van der Waals surface area contributed by atoms with Gasteiger partial charge in [-0.15, -0.1) is 0 Å². The minimum absolute atomic E-state index is 0.384. The van der Waals surface area contributed by atoms with E-state index < -0.39 is 0 Å². The van der Waals surface area contributed by atoms with Gasteiger partial charge in [0, 0.05) is 32.6 Å². The molecule has 0 radical (unpaired) electrons. The molecule has 0 amide bonds. The fourth-order valence-corrected chi connectivity index (χ4v) is 2.17. The van der Waals surface area contributed by atoms with Crippen LogP contribution in [0.3, 0.4) is 0 Å². The third-order valence-corrected chi connectivity index (χ3v) is 2.96. The van der Waals surface area contributed by atoms with Crippen LogP contribution in [0.5, 0.6) is 0 Å². The molecule has 16 heavy (non-hydrogen) atoms. The number of rotatable bonds is 1. The quantitative estimate of drug-likeness (QED) is 0.757. The number of aryl methyl sites for hydroxylation is 1. The second-order valence-corrected chi connectivity index (χ2v) is 4.17. The van der Waals surface area contributed by atoms with E-state index in [1.54, 1.807) is 0 Å². The Morgan fingerprint density at radius 1 is 1.38 bits per heavy atom. The summed E-state index contributed by atoms with van der Waals surface area (Å²) in [5.41, 5.74) is 3.08. The number of aromatic nitrogens is 1. The van der Waals surface area contributed by atoms with Gasteiger partial charge in [-0.25, -0.2) is 4.98 Å². The molecule has 1 fully saturated rings. The summed E-state index contributed by atoms with van der Waals surface area (Å²) < 4.78 is 5.46. The molecule has 1 aromatic carbocycles. The summed E-state index contributed by atoms with van der Waals surface area (Å²) in [5.74, 6) is 0.724. The molecule has 0 aliphatic carbocycles. The standard InChI is InChI=1S/C12H15N3O/c1-8-15-10-6-9(2-3-12(10)16-8)11-7-13-4-5-14-11/h2-3,6,11,13-14H,4-5,7H2,1H3. The van der Waals surface area contributed by atoms with Gasteiger partial charge in [-0.2, -0.15) is 0 Å². The van der Waals surface area contributed by atoms with Crippen molar-refractivity contribution >= 4 is 11.1 Å². The van der Waals surface area contributed by atoms with Crippen LogP contribution in [0.2, 0.25) is 0 Å². The molecule has 1 atom stereocenters. The summed E-state index contributed by atoms with van der Waals surface area (Å²) in [7, 11) is 0. The highest BCUT2D eigenvalue weighted by Gasteiger charge is 2.15. The molecule has 0 bridgehead atoms. The first-order chi connectivity index (χ1) is 7.83. The van der Waals surface area contributed by atoms with E-state index in [0.29, 0.717) is 6.04 Å². The summed E-state index contributed by atoms with van der Waals surface area (Å²) in [5, 5.41) is 6.87. The monoisotopic (exact) mass is 217 g/mol. The van der Waals surface area contributed by atoms with Crippen molar-refractivity contribution in [3.8, 4) is 0 Å². The maximum Gasteiger partial charge on any atom is 0.192 e.